The molecule has 2 heterocycles. The number of fused-ring (bicyclic) bond motifs is 4. The molecule has 0 radical (unpaired) electrons. The maximum Gasteiger partial charge on any atom is 0.270 e. The highest BCUT2D eigenvalue weighted by Crippen LogP contribution is 2.56. The molecule has 162 valence electrons. The van der Waals surface area contributed by atoms with Gasteiger partial charge in [-0.15, -0.1) is 0 Å². The SMILES string of the molecule is Cc1ccc(S(=O)(=O)N2C(=O)C3(C(C(C)(C)C)=Nc4ccccc43)c3ccccc32)cc1. The first kappa shape index (κ1) is 20.6. The third kappa shape index (κ3) is 2.59. The first-order valence-corrected chi connectivity index (χ1v) is 12.0. The molecule has 2 aliphatic rings. The summed E-state index contributed by atoms with van der Waals surface area (Å²) in [5, 5.41) is 0. The highest BCUT2D eigenvalue weighted by molar-refractivity contribution is 7.93. The molecule has 0 N–H and O–H groups in total. The lowest BCUT2D eigenvalue weighted by atomic mass is 9.66. The van der Waals surface area contributed by atoms with Gasteiger partial charge in [0.15, 0.2) is 0 Å². The van der Waals surface area contributed by atoms with Crippen molar-refractivity contribution in [2.24, 2.45) is 10.4 Å². The molecule has 1 atom stereocenters. The number of benzene rings is 3. The van der Waals surface area contributed by atoms with Crippen LogP contribution in [0.5, 0.6) is 0 Å². The zero-order valence-corrected chi connectivity index (χ0v) is 19.3. The Hall–Kier alpha value is -3.25. The Morgan fingerprint density at radius 2 is 1.44 bits per heavy atom. The number of nitrogens with zero attached hydrogens (tertiary/aromatic N) is 2. The average molecular weight is 445 g/mol. The second-order valence-electron chi connectivity index (χ2n) is 9.38. The quantitative estimate of drug-likeness (QED) is 0.549. The van der Waals surface area contributed by atoms with Gasteiger partial charge in [-0.05, 0) is 31.2 Å². The predicted octanol–water partition coefficient (Wildman–Crippen LogP) is 5.15. The van der Waals surface area contributed by atoms with Crippen LogP contribution in [0.2, 0.25) is 0 Å². The number of amides is 1. The van der Waals surface area contributed by atoms with E-state index in [1.165, 1.54) is 0 Å². The molecule has 6 heteroatoms. The van der Waals surface area contributed by atoms with Crippen LogP contribution in [0.3, 0.4) is 0 Å². The molecule has 1 amide bonds. The molecule has 32 heavy (non-hydrogen) atoms. The predicted molar refractivity (Wildman–Crippen MR) is 126 cm³/mol. The number of hydrogen-bond donors (Lipinski definition) is 0. The first-order chi connectivity index (χ1) is 15.1. The molecule has 0 saturated carbocycles. The van der Waals surface area contributed by atoms with Crippen molar-refractivity contribution in [1.82, 2.24) is 0 Å². The van der Waals surface area contributed by atoms with Crippen molar-refractivity contribution < 1.29 is 13.2 Å². The molecular weight excluding hydrogens is 420 g/mol. The summed E-state index contributed by atoms with van der Waals surface area (Å²) in [7, 11) is -4.12. The molecule has 0 aliphatic carbocycles. The summed E-state index contributed by atoms with van der Waals surface area (Å²) < 4.78 is 28.6. The van der Waals surface area contributed by atoms with E-state index >= 15 is 0 Å². The van der Waals surface area contributed by atoms with Crippen molar-refractivity contribution in [2.75, 3.05) is 4.31 Å². The fourth-order valence-corrected chi connectivity index (χ4v) is 6.30. The lowest BCUT2D eigenvalue weighted by Gasteiger charge is -2.33. The van der Waals surface area contributed by atoms with Crippen molar-refractivity contribution in [3.63, 3.8) is 0 Å². The Morgan fingerprint density at radius 1 is 0.844 bits per heavy atom. The molecule has 1 unspecified atom stereocenters. The lowest BCUT2D eigenvalue weighted by molar-refractivity contribution is -0.118. The minimum atomic E-state index is -4.12. The molecule has 0 aromatic heterocycles. The van der Waals surface area contributed by atoms with Crippen LogP contribution in [0.4, 0.5) is 11.4 Å². The minimum absolute atomic E-state index is 0.0869. The second kappa shape index (κ2) is 6.62. The van der Waals surface area contributed by atoms with Gasteiger partial charge in [-0.2, -0.15) is 0 Å². The lowest BCUT2D eigenvalue weighted by Crippen LogP contribution is -2.50. The Kier molecular flexibility index (Phi) is 4.27. The van der Waals surface area contributed by atoms with Gasteiger partial charge in [-0.1, -0.05) is 74.9 Å². The highest BCUT2D eigenvalue weighted by Gasteiger charge is 2.63. The summed E-state index contributed by atoms with van der Waals surface area (Å²) in [4.78, 5) is 19.3. The topological polar surface area (TPSA) is 66.8 Å². The number of aryl methyl sites for hydroxylation is 1. The maximum absolute atomic E-state index is 14.4. The molecule has 5 rings (SSSR count). The van der Waals surface area contributed by atoms with Gasteiger partial charge in [0.1, 0.15) is 5.41 Å². The van der Waals surface area contributed by atoms with Crippen LogP contribution < -0.4 is 4.31 Å². The van der Waals surface area contributed by atoms with E-state index in [2.05, 4.69) is 0 Å². The van der Waals surface area contributed by atoms with Gasteiger partial charge in [-0.25, -0.2) is 12.7 Å². The van der Waals surface area contributed by atoms with Crippen LogP contribution in [0.15, 0.2) is 82.7 Å². The second-order valence-corrected chi connectivity index (χ2v) is 11.2. The fraction of sp³-hybridized carbons (Fsp3) is 0.231. The number of anilines is 1. The highest BCUT2D eigenvalue weighted by atomic mass is 32.2. The molecular formula is C26H24N2O3S. The number of aliphatic imine (C=N–C) groups is 1. The van der Waals surface area contributed by atoms with Crippen LogP contribution in [-0.2, 0) is 20.2 Å². The molecule has 3 aromatic carbocycles. The van der Waals surface area contributed by atoms with Crippen molar-refractivity contribution in [1.29, 1.82) is 0 Å². The van der Waals surface area contributed by atoms with Gasteiger partial charge in [0, 0.05) is 22.3 Å². The first-order valence-electron chi connectivity index (χ1n) is 10.5. The minimum Gasteiger partial charge on any atom is -0.271 e. The molecule has 5 nitrogen and oxygen atoms in total. The maximum atomic E-state index is 14.4. The Morgan fingerprint density at radius 3 is 2.09 bits per heavy atom. The summed E-state index contributed by atoms with van der Waals surface area (Å²) in [6.45, 7) is 7.91. The van der Waals surface area contributed by atoms with E-state index < -0.39 is 26.8 Å². The van der Waals surface area contributed by atoms with Gasteiger partial charge in [-0.3, -0.25) is 9.79 Å². The van der Waals surface area contributed by atoms with E-state index in [4.69, 9.17) is 4.99 Å². The smallest absolute Gasteiger partial charge is 0.270 e. The number of para-hydroxylation sites is 2. The molecule has 0 fully saturated rings. The van der Waals surface area contributed by atoms with Gasteiger partial charge in [0.05, 0.1) is 16.3 Å². The van der Waals surface area contributed by atoms with Crippen LogP contribution in [-0.4, -0.2) is 20.0 Å². The molecule has 0 bridgehead atoms. The van der Waals surface area contributed by atoms with Crippen molar-refractivity contribution >= 4 is 33.0 Å². The average Bonchev–Trinajstić information content (AvgIpc) is 3.23. The number of carbonyl (C=O) groups is 1. The monoisotopic (exact) mass is 444 g/mol. The van der Waals surface area contributed by atoms with E-state index in [-0.39, 0.29) is 4.90 Å². The standard InChI is InChI=1S/C26H24N2O3S/c1-17-13-15-18(16-14-17)32(30,31)28-22-12-8-6-10-20(22)26(24(28)29)19-9-5-7-11-21(19)27-23(26)25(2,3)4/h5-16H,1-4H3. The van der Waals surface area contributed by atoms with E-state index in [0.29, 0.717) is 22.6 Å². The Balaban J connectivity index is 1.83. The summed E-state index contributed by atoms with van der Waals surface area (Å²) in [5.41, 5.74) is 2.32. The van der Waals surface area contributed by atoms with Crippen LogP contribution in [0, 0.1) is 12.3 Å². The number of carbonyl (C=O) groups excluding carboxylic acids is 1. The molecule has 2 aliphatic heterocycles. The summed E-state index contributed by atoms with van der Waals surface area (Å²) in [6.07, 6.45) is 0. The van der Waals surface area contributed by atoms with Crippen LogP contribution in [0.25, 0.3) is 0 Å². The van der Waals surface area contributed by atoms with Crippen molar-refractivity contribution in [3.8, 4) is 0 Å². The summed E-state index contributed by atoms with van der Waals surface area (Å²) in [6, 6.07) is 21.2. The normalized spacial score (nSPS) is 19.8. The largest absolute Gasteiger partial charge is 0.271 e. The number of sulfonamides is 1. The van der Waals surface area contributed by atoms with Gasteiger partial charge >= 0.3 is 0 Å². The zero-order valence-electron chi connectivity index (χ0n) is 18.5. The van der Waals surface area contributed by atoms with E-state index in [0.717, 1.165) is 15.4 Å². The number of hydrogen-bond acceptors (Lipinski definition) is 4. The fourth-order valence-electron chi connectivity index (χ4n) is 4.84. The third-order valence-corrected chi connectivity index (χ3v) is 7.91. The molecule has 0 saturated heterocycles. The summed E-state index contributed by atoms with van der Waals surface area (Å²) in [5.74, 6) is -0.502. The van der Waals surface area contributed by atoms with Crippen LogP contribution in [0.1, 0.15) is 37.5 Å². The van der Waals surface area contributed by atoms with Crippen molar-refractivity contribution in [3.05, 3.63) is 89.5 Å². The summed E-state index contributed by atoms with van der Waals surface area (Å²) >= 11 is 0. The van der Waals surface area contributed by atoms with Crippen molar-refractivity contribution in [2.45, 2.75) is 38.0 Å². The number of rotatable bonds is 2. The Labute approximate surface area is 188 Å². The van der Waals surface area contributed by atoms with E-state index in [9.17, 15) is 13.2 Å². The van der Waals surface area contributed by atoms with Gasteiger partial charge < -0.3 is 0 Å². The van der Waals surface area contributed by atoms with E-state index in [1.54, 1.807) is 36.4 Å². The van der Waals surface area contributed by atoms with E-state index in [1.807, 2.05) is 64.1 Å². The zero-order chi connectivity index (χ0) is 22.9. The third-order valence-electron chi connectivity index (χ3n) is 6.20. The molecule has 1 spiro atoms. The van der Waals surface area contributed by atoms with Gasteiger partial charge in [0.2, 0.25) is 0 Å². The van der Waals surface area contributed by atoms with Gasteiger partial charge in [0.25, 0.3) is 15.9 Å². The van der Waals surface area contributed by atoms with Crippen LogP contribution >= 0.6 is 0 Å². The molecule has 3 aromatic rings. The Bertz CT molecular complexity index is 1400.